The Kier molecular flexibility index (Phi) is 4.82. The monoisotopic (exact) mass is 310 g/mol. The molecular formula is C14H22N4O2S. The van der Waals surface area contributed by atoms with Crippen LogP contribution >= 0.6 is 11.3 Å². The molecule has 0 saturated heterocycles. The van der Waals surface area contributed by atoms with E-state index in [0.29, 0.717) is 29.3 Å². The normalized spacial score (nSPS) is 26.6. The van der Waals surface area contributed by atoms with Crippen LogP contribution in [0, 0.1) is 12.8 Å². The van der Waals surface area contributed by atoms with Gasteiger partial charge in [0.1, 0.15) is 10.4 Å². The molecule has 0 spiro atoms. The highest BCUT2D eigenvalue weighted by Gasteiger charge is 2.40. The highest BCUT2D eigenvalue weighted by molar-refractivity contribution is 7.11. The lowest BCUT2D eigenvalue weighted by Gasteiger charge is -2.39. The van der Waals surface area contributed by atoms with Gasteiger partial charge in [-0.3, -0.25) is 4.79 Å². The Bertz CT molecular complexity index is 533. The number of amides is 1. The van der Waals surface area contributed by atoms with E-state index in [-0.39, 0.29) is 11.7 Å². The van der Waals surface area contributed by atoms with Crippen molar-refractivity contribution >= 4 is 23.1 Å². The number of hydrogen-bond donors (Lipinski definition) is 3. The predicted octanol–water partition coefficient (Wildman–Crippen LogP) is 2.27. The molecule has 1 fully saturated rings. The number of rotatable bonds is 4. The molecule has 1 amide bonds. The van der Waals surface area contributed by atoms with Crippen LogP contribution in [0.15, 0.2) is 10.7 Å². The molecule has 116 valence electrons. The molecule has 1 saturated carbocycles. The first-order valence-corrected chi connectivity index (χ1v) is 8.11. The zero-order chi connectivity index (χ0) is 15.5. The summed E-state index contributed by atoms with van der Waals surface area (Å²) < 4.78 is 0. The van der Waals surface area contributed by atoms with Gasteiger partial charge < -0.3 is 16.3 Å². The molecule has 21 heavy (non-hydrogen) atoms. The van der Waals surface area contributed by atoms with Gasteiger partial charge in [0, 0.05) is 0 Å². The van der Waals surface area contributed by atoms with Crippen molar-refractivity contribution in [1.82, 2.24) is 10.3 Å². The first kappa shape index (κ1) is 15.8. The number of nitrogens with two attached hydrogens (primary N) is 1. The van der Waals surface area contributed by atoms with Crippen molar-refractivity contribution in [1.29, 1.82) is 0 Å². The number of carbonyl (C=O) groups excluding carboxylic acids is 1. The molecule has 2 rings (SSSR count). The molecule has 1 heterocycles. The summed E-state index contributed by atoms with van der Waals surface area (Å²) in [6.45, 7) is 3.97. The number of nitrogens with zero attached hydrogens (tertiary/aromatic N) is 2. The highest BCUT2D eigenvalue weighted by Crippen LogP contribution is 2.34. The Labute approximate surface area is 128 Å². The smallest absolute Gasteiger partial charge is 0.264 e. The molecule has 0 unspecified atom stereocenters. The van der Waals surface area contributed by atoms with Crippen molar-refractivity contribution in [2.24, 2.45) is 16.8 Å². The van der Waals surface area contributed by atoms with E-state index in [2.05, 4.69) is 22.4 Å². The molecule has 0 bridgehead atoms. The van der Waals surface area contributed by atoms with Crippen LogP contribution in [-0.4, -0.2) is 27.5 Å². The molecule has 0 atom stereocenters. The SMILES string of the molecule is CCC1CCC(NC(=O)c2scnc2C)(/C(N)=N/O)CC1. The van der Waals surface area contributed by atoms with E-state index in [9.17, 15) is 4.79 Å². The Morgan fingerprint density at radius 2 is 2.29 bits per heavy atom. The van der Waals surface area contributed by atoms with Gasteiger partial charge in [-0.1, -0.05) is 18.5 Å². The van der Waals surface area contributed by atoms with Gasteiger partial charge in [0.15, 0.2) is 5.84 Å². The fourth-order valence-electron chi connectivity index (χ4n) is 2.91. The van der Waals surface area contributed by atoms with Gasteiger partial charge in [0.05, 0.1) is 11.2 Å². The topological polar surface area (TPSA) is 101 Å². The number of aromatic nitrogens is 1. The van der Waals surface area contributed by atoms with Gasteiger partial charge in [-0.2, -0.15) is 0 Å². The van der Waals surface area contributed by atoms with E-state index >= 15 is 0 Å². The molecule has 0 radical (unpaired) electrons. The van der Waals surface area contributed by atoms with E-state index in [1.807, 2.05) is 0 Å². The summed E-state index contributed by atoms with van der Waals surface area (Å²) in [5.41, 5.74) is 7.49. The Morgan fingerprint density at radius 1 is 1.62 bits per heavy atom. The third kappa shape index (κ3) is 3.18. The number of thiazole rings is 1. The zero-order valence-corrected chi connectivity index (χ0v) is 13.2. The van der Waals surface area contributed by atoms with Crippen LogP contribution in [0.25, 0.3) is 0 Å². The van der Waals surface area contributed by atoms with Gasteiger partial charge >= 0.3 is 0 Å². The first-order valence-electron chi connectivity index (χ1n) is 7.23. The summed E-state index contributed by atoms with van der Waals surface area (Å²) in [6.07, 6.45) is 4.45. The highest BCUT2D eigenvalue weighted by atomic mass is 32.1. The Hall–Kier alpha value is -1.63. The molecule has 4 N–H and O–H groups in total. The second-order valence-electron chi connectivity index (χ2n) is 5.64. The van der Waals surface area contributed by atoms with Gasteiger partial charge in [0.2, 0.25) is 0 Å². The summed E-state index contributed by atoms with van der Waals surface area (Å²) in [7, 11) is 0. The second-order valence-corrected chi connectivity index (χ2v) is 6.49. The van der Waals surface area contributed by atoms with E-state index in [0.717, 1.165) is 19.3 Å². The van der Waals surface area contributed by atoms with Crippen molar-refractivity contribution in [3.63, 3.8) is 0 Å². The van der Waals surface area contributed by atoms with Crippen molar-refractivity contribution in [3.05, 3.63) is 16.1 Å². The summed E-state index contributed by atoms with van der Waals surface area (Å²) in [6, 6.07) is 0. The average molecular weight is 310 g/mol. The molecule has 7 heteroatoms. The molecule has 1 aliphatic carbocycles. The second kappa shape index (κ2) is 6.43. The largest absolute Gasteiger partial charge is 0.409 e. The van der Waals surface area contributed by atoms with Crippen LogP contribution in [0.3, 0.4) is 0 Å². The number of carbonyl (C=O) groups is 1. The standard InChI is InChI=1S/C14H22N4O2S/c1-3-10-4-6-14(7-5-10,13(15)18-20)17-12(19)11-9(2)16-8-21-11/h8,10,20H,3-7H2,1-2H3,(H2,15,18)(H,17,19). The van der Waals surface area contributed by atoms with Crippen molar-refractivity contribution in [3.8, 4) is 0 Å². The van der Waals surface area contributed by atoms with Crippen LogP contribution in [0.1, 0.15) is 54.4 Å². The molecule has 1 aromatic heterocycles. The number of oxime groups is 1. The zero-order valence-electron chi connectivity index (χ0n) is 12.4. The minimum Gasteiger partial charge on any atom is -0.409 e. The van der Waals surface area contributed by atoms with Gasteiger partial charge in [0.25, 0.3) is 5.91 Å². The summed E-state index contributed by atoms with van der Waals surface area (Å²) in [5.74, 6) is 0.538. The van der Waals surface area contributed by atoms with Gasteiger partial charge in [-0.05, 0) is 38.5 Å². The lowest BCUT2D eigenvalue weighted by molar-refractivity contribution is 0.0898. The maximum Gasteiger partial charge on any atom is 0.264 e. The van der Waals surface area contributed by atoms with Crippen molar-refractivity contribution < 1.29 is 10.0 Å². The molecule has 1 aliphatic rings. The molecule has 0 aromatic carbocycles. The molecular weight excluding hydrogens is 288 g/mol. The van der Waals surface area contributed by atoms with E-state index in [4.69, 9.17) is 10.9 Å². The maximum atomic E-state index is 12.4. The predicted molar refractivity (Wildman–Crippen MR) is 82.7 cm³/mol. The van der Waals surface area contributed by atoms with E-state index < -0.39 is 5.54 Å². The van der Waals surface area contributed by atoms with Crippen LogP contribution in [-0.2, 0) is 0 Å². The lowest BCUT2D eigenvalue weighted by atomic mass is 9.75. The van der Waals surface area contributed by atoms with E-state index in [1.54, 1.807) is 12.4 Å². The third-order valence-electron chi connectivity index (χ3n) is 4.44. The van der Waals surface area contributed by atoms with Crippen molar-refractivity contribution in [2.75, 3.05) is 0 Å². The van der Waals surface area contributed by atoms with Crippen LogP contribution in [0.5, 0.6) is 0 Å². The van der Waals surface area contributed by atoms with Gasteiger partial charge in [-0.15, -0.1) is 11.3 Å². The molecule has 0 aliphatic heterocycles. The third-order valence-corrected chi connectivity index (χ3v) is 5.37. The lowest BCUT2D eigenvalue weighted by Crippen LogP contribution is -2.59. The average Bonchev–Trinajstić information content (AvgIpc) is 2.93. The van der Waals surface area contributed by atoms with Crippen molar-refractivity contribution in [2.45, 2.75) is 51.5 Å². The fourth-order valence-corrected chi connectivity index (χ4v) is 3.61. The van der Waals surface area contributed by atoms with Gasteiger partial charge in [-0.25, -0.2) is 4.98 Å². The van der Waals surface area contributed by atoms with Crippen LogP contribution in [0.4, 0.5) is 0 Å². The Balaban J connectivity index is 2.18. The number of amidine groups is 1. The van der Waals surface area contributed by atoms with Crippen LogP contribution < -0.4 is 11.1 Å². The summed E-state index contributed by atoms with van der Waals surface area (Å²) in [5, 5.41) is 15.2. The number of nitrogens with one attached hydrogen (secondary N) is 1. The van der Waals surface area contributed by atoms with E-state index in [1.165, 1.54) is 11.3 Å². The molecule has 6 nitrogen and oxygen atoms in total. The summed E-state index contributed by atoms with van der Waals surface area (Å²) in [4.78, 5) is 17.1. The first-order chi connectivity index (χ1) is 10.0. The number of hydrogen-bond acceptors (Lipinski definition) is 5. The maximum absolute atomic E-state index is 12.4. The minimum absolute atomic E-state index is 0.0903. The quantitative estimate of drug-likeness (QED) is 0.344. The molecule has 1 aromatic rings. The Morgan fingerprint density at radius 3 is 2.76 bits per heavy atom. The fraction of sp³-hybridized carbons (Fsp3) is 0.643. The van der Waals surface area contributed by atoms with Crippen LogP contribution in [0.2, 0.25) is 0 Å². The number of aryl methyl sites for hydroxylation is 1. The summed E-state index contributed by atoms with van der Waals surface area (Å²) >= 11 is 1.30. The minimum atomic E-state index is -0.742.